The Morgan fingerprint density at radius 1 is 1.22 bits per heavy atom. The second-order valence-electron chi connectivity index (χ2n) is 6.18. The standard InChI is InChI=1S/C16H23N3O3S/c17-12-15-6-1-2-8-18(15)16(20)13-5-3-7-14(11-13)19-9-4-10-23(19,21)22/h3,5,7,11,15H,1-2,4,6,8-10,12,17H2. The minimum Gasteiger partial charge on any atom is -0.334 e. The van der Waals surface area contributed by atoms with E-state index in [1.54, 1.807) is 24.3 Å². The van der Waals surface area contributed by atoms with Crippen LogP contribution in [0, 0.1) is 0 Å². The highest BCUT2D eigenvalue weighted by atomic mass is 32.2. The molecule has 23 heavy (non-hydrogen) atoms. The minimum atomic E-state index is -3.23. The summed E-state index contributed by atoms with van der Waals surface area (Å²) in [6, 6.07) is 7.01. The summed E-state index contributed by atoms with van der Waals surface area (Å²) in [5, 5.41) is 0. The molecule has 1 aromatic rings. The molecule has 126 valence electrons. The molecule has 0 bridgehead atoms. The Morgan fingerprint density at radius 3 is 2.74 bits per heavy atom. The summed E-state index contributed by atoms with van der Waals surface area (Å²) in [6.07, 6.45) is 3.64. The first-order valence-corrected chi connectivity index (χ1v) is 9.75. The van der Waals surface area contributed by atoms with Crippen molar-refractivity contribution < 1.29 is 13.2 Å². The van der Waals surface area contributed by atoms with Gasteiger partial charge in [0, 0.05) is 31.2 Å². The molecule has 1 atom stereocenters. The third kappa shape index (κ3) is 3.21. The zero-order chi connectivity index (χ0) is 16.4. The maximum Gasteiger partial charge on any atom is 0.254 e. The van der Waals surface area contributed by atoms with Crippen LogP contribution in [0.2, 0.25) is 0 Å². The van der Waals surface area contributed by atoms with Gasteiger partial charge in [-0.1, -0.05) is 6.07 Å². The van der Waals surface area contributed by atoms with E-state index in [2.05, 4.69) is 0 Å². The quantitative estimate of drug-likeness (QED) is 0.898. The monoisotopic (exact) mass is 337 g/mol. The van der Waals surface area contributed by atoms with Crippen molar-refractivity contribution in [1.29, 1.82) is 0 Å². The number of amides is 1. The van der Waals surface area contributed by atoms with Crippen LogP contribution in [0.15, 0.2) is 24.3 Å². The second kappa shape index (κ2) is 6.49. The molecule has 2 N–H and O–H groups in total. The van der Waals surface area contributed by atoms with Crippen molar-refractivity contribution in [3.05, 3.63) is 29.8 Å². The van der Waals surface area contributed by atoms with Gasteiger partial charge in [0.2, 0.25) is 10.0 Å². The number of piperidine rings is 1. The first-order chi connectivity index (χ1) is 11.0. The van der Waals surface area contributed by atoms with Crippen LogP contribution in [0.5, 0.6) is 0 Å². The Balaban J connectivity index is 1.86. The van der Waals surface area contributed by atoms with Gasteiger partial charge in [0.25, 0.3) is 5.91 Å². The lowest BCUT2D eigenvalue weighted by atomic mass is 10.0. The Bertz CT molecular complexity index is 690. The molecule has 6 nitrogen and oxygen atoms in total. The normalized spacial score (nSPS) is 24.0. The van der Waals surface area contributed by atoms with Crippen LogP contribution < -0.4 is 10.0 Å². The zero-order valence-electron chi connectivity index (χ0n) is 13.1. The Kier molecular flexibility index (Phi) is 4.59. The van der Waals surface area contributed by atoms with Crippen molar-refractivity contribution in [2.45, 2.75) is 31.7 Å². The number of nitrogens with zero attached hydrogens (tertiary/aromatic N) is 2. The van der Waals surface area contributed by atoms with Gasteiger partial charge < -0.3 is 10.6 Å². The van der Waals surface area contributed by atoms with Crippen LogP contribution in [-0.4, -0.2) is 50.7 Å². The molecular formula is C16H23N3O3S. The largest absolute Gasteiger partial charge is 0.334 e. The summed E-state index contributed by atoms with van der Waals surface area (Å²) in [5.41, 5.74) is 6.90. The van der Waals surface area contributed by atoms with Gasteiger partial charge in [-0.05, 0) is 43.9 Å². The average Bonchev–Trinajstić information content (AvgIpc) is 2.93. The van der Waals surface area contributed by atoms with Crippen LogP contribution in [-0.2, 0) is 10.0 Å². The van der Waals surface area contributed by atoms with Crippen molar-refractivity contribution in [1.82, 2.24) is 4.90 Å². The third-order valence-corrected chi connectivity index (χ3v) is 6.51. The van der Waals surface area contributed by atoms with Crippen LogP contribution in [0.1, 0.15) is 36.0 Å². The molecule has 0 aliphatic carbocycles. The van der Waals surface area contributed by atoms with Crippen molar-refractivity contribution in [2.24, 2.45) is 5.73 Å². The highest BCUT2D eigenvalue weighted by Gasteiger charge is 2.30. The lowest BCUT2D eigenvalue weighted by molar-refractivity contribution is 0.0623. The summed E-state index contributed by atoms with van der Waals surface area (Å²) in [4.78, 5) is 14.6. The number of rotatable bonds is 3. The van der Waals surface area contributed by atoms with Crippen LogP contribution in [0.25, 0.3) is 0 Å². The molecule has 2 aliphatic rings. The van der Waals surface area contributed by atoms with Gasteiger partial charge in [-0.3, -0.25) is 9.10 Å². The molecule has 7 heteroatoms. The molecule has 2 saturated heterocycles. The van der Waals surface area contributed by atoms with Crippen molar-refractivity contribution >= 4 is 21.6 Å². The summed E-state index contributed by atoms with van der Waals surface area (Å²) in [6.45, 7) is 1.66. The Labute approximate surface area is 137 Å². The molecule has 2 aliphatic heterocycles. The fourth-order valence-corrected chi connectivity index (χ4v) is 4.96. The van der Waals surface area contributed by atoms with E-state index in [0.717, 1.165) is 19.3 Å². The van der Waals surface area contributed by atoms with Crippen LogP contribution in [0.4, 0.5) is 5.69 Å². The number of benzene rings is 1. The molecule has 1 aromatic carbocycles. The highest BCUT2D eigenvalue weighted by Crippen LogP contribution is 2.26. The SMILES string of the molecule is NCC1CCCCN1C(=O)c1cccc(N2CCCS2(=O)=O)c1. The number of anilines is 1. The fourth-order valence-electron chi connectivity index (χ4n) is 3.40. The lowest BCUT2D eigenvalue weighted by Crippen LogP contribution is -2.47. The first kappa shape index (κ1) is 16.3. The summed E-state index contributed by atoms with van der Waals surface area (Å²) in [5.74, 6) is 0.116. The number of sulfonamides is 1. The highest BCUT2D eigenvalue weighted by molar-refractivity contribution is 7.93. The molecule has 1 unspecified atom stereocenters. The van der Waals surface area contributed by atoms with E-state index in [0.29, 0.717) is 37.3 Å². The van der Waals surface area contributed by atoms with Gasteiger partial charge in [0.15, 0.2) is 0 Å². The molecule has 0 radical (unpaired) electrons. The molecule has 0 saturated carbocycles. The predicted octanol–water partition coefficient (Wildman–Crippen LogP) is 1.18. The maximum absolute atomic E-state index is 12.8. The molecule has 3 rings (SSSR count). The average molecular weight is 337 g/mol. The van der Waals surface area contributed by atoms with Crippen molar-refractivity contribution in [3.8, 4) is 0 Å². The summed E-state index contributed by atoms with van der Waals surface area (Å²) in [7, 11) is -3.23. The number of carbonyl (C=O) groups excluding carboxylic acids is 1. The van der Waals surface area contributed by atoms with Gasteiger partial charge in [-0.25, -0.2) is 8.42 Å². The molecule has 2 fully saturated rings. The van der Waals surface area contributed by atoms with E-state index >= 15 is 0 Å². The number of nitrogens with two attached hydrogens (primary N) is 1. The predicted molar refractivity (Wildman–Crippen MR) is 89.9 cm³/mol. The second-order valence-corrected chi connectivity index (χ2v) is 8.19. The topological polar surface area (TPSA) is 83.7 Å². The van der Waals surface area contributed by atoms with E-state index in [1.807, 2.05) is 4.90 Å². The van der Waals surface area contributed by atoms with Gasteiger partial charge >= 0.3 is 0 Å². The number of carbonyl (C=O) groups is 1. The Hall–Kier alpha value is -1.60. The van der Waals surface area contributed by atoms with Gasteiger partial charge in [-0.2, -0.15) is 0 Å². The van der Waals surface area contributed by atoms with Crippen LogP contribution in [0.3, 0.4) is 0 Å². The number of hydrogen-bond donors (Lipinski definition) is 1. The van der Waals surface area contributed by atoms with E-state index in [4.69, 9.17) is 5.73 Å². The minimum absolute atomic E-state index is 0.0569. The Morgan fingerprint density at radius 2 is 2.04 bits per heavy atom. The molecule has 1 amide bonds. The van der Waals surface area contributed by atoms with Crippen LogP contribution >= 0.6 is 0 Å². The summed E-state index contributed by atoms with van der Waals surface area (Å²) >= 11 is 0. The molecule has 0 aromatic heterocycles. The van der Waals surface area contributed by atoms with Crippen molar-refractivity contribution in [3.63, 3.8) is 0 Å². The van der Waals surface area contributed by atoms with E-state index < -0.39 is 10.0 Å². The molecule has 0 spiro atoms. The van der Waals surface area contributed by atoms with E-state index in [1.165, 1.54) is 4.31 Å². The van der Waals surface area contributed by atoms with Gasteiger partial charge in [0.1, 0.15) is 0 Å². The molecular weight excluding hydrogens is 314 g/mol. The molecule has 2 heterocycles. The fraction of sp³-hybridized carbons (Fsp3) is 0.562. The third-order valence-electron chi connectivity index (χ3n) is 4.64. The smallest absolute Gasteiger partial charge is 0.254 e. The van der Waals surface area contributed by atoms with E-state index in [-0.39, 0.29) is 17.7 Å². The first-order valence-electron chi connectivity index (χ1n) is 8.14. The van der Waals surface area contributed by atoms with Crippen molar-refractivity contribution in [2.75, 3.05) is 29.7 Å². The van der Waals surface area contributed by atoms with Gasteiger partial charge in [0.05, 0.1) is 11.4 Å². The summed E-state index contributed by atoms with van der Waals surface area (Å²) < 4.78 is 25.5. The zero-order valence-corrected chi connectivity index (χ0v) is 14.0. The lowest BCUT2D eigenvalue weighted by Gasteiger charge is -2.35. The maximum atomic E-state index is 12.8. The van der Waals surface area contributed by atoms with E-state index in [9.17, 15) is 13.2 Å². The number of likely N-dealkylation sites (tertiary alicyclic amines) is 1. The number of hydrogen-bond acceptors (Lipinski definition) is 4. The van der Waals surface area contributed by atoms with Gasteiger partial charge in [-0.15, -0.1) is 0 Å².